The van der Waals surface area contributed by atoms with Crippen LogP contribution < -0.4 is 4.72 Å². The average Bonchev–Trinajstić information content (AvgIpc) is 2.35. The zero-order chi connectivity index (χ0) is 14.5. The number of aliphatic hydroxyl groups is 1. The molecule has 2 N–H and O–H groups in total. The maximum atomic E-state index is 12.1. The zero-order valence-corrected chi connectivity index (χ0v) is 13.3. The van der Waals surface area contributed by atoms with Gasteiger partial charge in [0.15, 0.2) is 0 Å². The molecule has 0 saturated heterocycles. The van der Waals surface area contributed by atoms with Gasteiger partial charge in [-0.2, -0.15) is 0 Å². The van der Waals surface area contributed by atoms with E-state index in [1.165, 1.54) is 13.2 Å². The minimum atomic E-state index is -3.65. The van der Waals surface area contributed by atoms with Gasteiger partial charge in [0.2, 0.25) is 10.0 Å². The summed E-state index contributed by atoms with van der Waals surface area (Å²) in [6, 6.07) is 6.52. The van der Waals surface area contributed by atoms with Crippen LogP contribution in [0, 0.1) is 0 Å². The Morgan fingerprint density at radius 2 is 2.05 bits per heavy atom. The van der Waals surface area contributed by atoms with E-state index in [0.29, 0.717) is 17.5 Å². The van der Waals surface area contributed by atoms with Gasteiger partial charge in [-0.15, -0.1) is 0 Å². The van der Waals surface area contributed by atoms with E-state index < -0.39 is 15.6 Å². The maximum absolute atomic E-state index is 12.1. The summed E-state index contributed by atoms with van der Waals surface area (Å²) in [4.78, 5) is 0.151. The molecule has 0 aliphatic carbocycles. The molecule has 0 bridgehead atoms. The number of nitrogens with one attached hydrogen (secondary N) is 1. The van der Waals surface area contributed by atoms with Gasteiger partial charge < -0.3 is 9.84 Å². The Balaban J connectivity index is 2.74. The first-order valence-electron chi connectivity index (χ1n) is 5.74. The largest absolute Gasteiger partial charge is 0.389 e. The number of hydrogen-bond acceptors (Lipinski definition) is 4. The van der Waals surface area contributed by atoms with Gasteiger partial charge >= 0.3 is 0 Å². The van der Waals surface area contributed by atoms with Crippen LogP contribution in [-0.4, -0.2) is 39.4 Å². The Morgan fingerprint density at radius 3 is 2.63 bits per heavy atom. The second-order valence-corrected chi connectivity index (χ2v) is 7.08. The van der Waals surface area contributed by atoms with Crippen LogP contribution in [0.25, 0.3) is 0 Å². The van der Waals surface area contributed by atoms with Crippen molar-refractivity contribution >= 4 is 26.0 Å². The molecule has 7 heteroatoms. The molecule has 19 heavy (non-hydrogen) atoms. The van der Waals surface area contributed by atoms with E-state index in [1.54, 1.807) is 25.1 Å². The lowest BCUT2D eigenvalue weighted by Crippen LogP contribution is -2.41. The summed E-state index contributed by atoms with van der Waals surface area (Å²) in [5.41, 5.74) is -1.15. The average molecular weight is 352 g/mol. The molecular formula is C12H18BrNO4S. The van der Waals surface area contributed by atoms with Gasteiger partial charge in [0.1, 0.15) is 0 Å². The van der Waals surface area contributed by atoms with E-state index in [-0.39, 0.29) is 11.4 Å². The number of rotatable bonds is 7. The minimum Gasteiger partial charge on any atom is -0.389 e. The van der Waals surface area contributed by atoms with E-state index >= 15 is 0 Å². The lowest BCUT2D eigenvalue weighted by molar-refractivity contribution is 0.0292. The molecule has 0 radical (unpaired) electrons. The number of sulfonamides is 1. The van der Waals surface area contributed by atoms with Crippen molar-refractivity contribution in [3.63, 3.8) is 0 Å². The van der Waals surface area contributed by atoms with Crippen molar-refractivity contribution in [3.8, 4) is 0 Å². The zero-order valence-electron chi connectivity index (χ0n) is 10.9. The van der Waals surface area contributed by atoms with Crippen molar-refractivity contribution < 1.29 is 18.3 Å². The molecule has 5 nitrogen and oxygen atoms in total. The number of halogens is 1. The summed E-state index contributed by atoms with van der Waals surface area (Å²) in [7, 11) is -2.12. The standard InChI is InChI=1S/C12H18BrNO4S/c1-12(15,7-8-18-2)9-14-19(16,17)11-6-4-3-5-10(11)13/h3-6,14-15H,7-9H2,1-2H3. The van der Waals surface area contributed by atoms with Crippen molar-refractivity contribution in [1.82, 2.24) is 4.72 Å². The third-order valence-corrected chi connectivity index (χ3v) is 5.03. The first kappa shape index (κ1) is 16.6. The molecule has 1 unspecified atom stereocenters. The fraction of sp³-hybridized carbons (Fsp3) is 0.500. The fourth-order valence-corrected chi connectivity index (χ4v) is 3.56. The molecule has 108 valence electrons. The maximum Gasteiger partial charge on any atom is 0.241 e. The lowest BCUT2D eigenvalue weighted by Gasteiger charge is -2.23. The van der Waals surface area contributed by atoms with Gasteiger partial charge in [-0.25, -0.2) is 13.1 Å². The van der Waals surface area contributed by atoms with Crippen LogP contribution in [0.4, 0.5) is 0 Å². The molecule has 0 spiro atoms. The van der Waals surface area contributed by atoms with Crippen molar-refractivity contribution in [2.24, 2.45) is 0 Å². The van der Waals surface area contributed by atoms with E-state index in [9.17, 15) is 13.5 Å². The van der Waals surface area contributed by atoms with Gasteiger partial charge in [-0.05, 0) is 35.0 Å². The van der Waals surface area contributed by atoms with Crippen LogP contribution in [0.5, 0.6) is 0 Å². The number of hydrogen-bond donors (Lipinski definition) is 2. The molecule has 0 amide bonds. The highest BCUT2D eigenvalue weighted by molar-refractivity contribution is 9.10. The van der Waals surface area contributed by atoms with E-state index in [2.05, 4.69) is 20.7 Å². The molecule has 0 heterocycles. The smallest absolute Gasteiger partial charge is 0.241 e. The molecule has 0 aromatic heterocycles. The first-order chi connectivity index (χ1) is 8.78. The van der Waals surface area contributed by atoms with Crippen LogP contribution in [-0.2, 0) is 14.8 Å². The molecular weight excluding hydrogens is 334 g/mol. The Kier molecular flexibility index (Phi) is 5.94. The molecule has 1 aromatic carbocycles. The Hall–Kier alpha value is -0.470. The van der Waals surface area contributed by atoms with Gasteiger partial charge in [-0.3, -0.25) is 0 Å². The van der Waals surface area contributed by atoms with Crippen LogP contribution in [0.15, 0.2) is 33.6 Å². The van der Waals surface area contributed by atoms with Crippen molar-refractivity contribution in [2.45, 2.75) is 23.8 Å². The summed E-state index contributed by atoms with van der Waals surface area (Å²) >= 11 is 3.19. The van der Waals surface area contributed by atoms with Crippen LogP contribution in [0.3, 0.4) is 0 Å². The van der Waals surface area contributed by atoms with Crippen LogP contribution >= 0.6 is 15.9 Å². The fourth-order valence-electron chi connectivity index (χ4n) is 1.40. The molecule has 0 fully saturated rings. The number of methoxy groups -OCH3 is 1. The highest BCUT2D eigenvalue weighted by Gasteiger charge is 2.24. The summed E-state index contributed by atoms with van der Waals surface area (Å²) < 4.78 is 31.9. The highest BCUT2D eigenvalue weighted by Crippen LogP contribution is 2.21. The number of ether oxygens (including phenoxy) is 1. The highest BCUT2D eigenvalue weighted by atomic mass is 79.9. The van der Waals surface area contributed by atoms with Crippen LogP contribution in [0.2, 0.25) is 0 Å². The van der Waals surface area contributed by atoms with Gasteiger partial charge in [0.25, 0.3) is 0 Å². The molecule has 1 atom stereocenters. The third kappa shape index (κ3) is 5.19. The second-order valence-electron chi connectivity index (χ2n) is 4.49. The minimum absolute atomic E-state index is 0.0694. The normalized spacial score (nSPS) is 15.2. The monoisotopic (exact) mass is 351 g/mol. The number of benzene rings is 1. The predicted molar refractivity (Wildman–Crippen MR) is 76.4 cm³/mol. The SMILES string of the molecule is COCCC(C)(O)CNS(=O)(=O)c1ccccc1Br. The first-order valence-corrected chi connectivity index (χ1v) is 8.02. The van der Waals surface area contributed by atoms with E-state index in [0.717, 1.165) is 0 Å². The van der Waals surface area contributed by atoms with Gasteiger partial charge in [-0.1, -0.05) is 12.1 Å². The van der Waals surface area contributed by atoms with E-state index in [1.807, 2.05) is 0 Å². The molecule has 0 saturated carbocycles. The Labute approximate surface area is 122 Å². The summed E-state index contributed by atoms with van der Waals surface area (Å²) in [5, 5.41) is 10.0. The Bertz CT molecular complexity index is 516. The molecule has 1 rings (SSSR count). The van der Waals surface area contributed by atoms with E-state index in [4.69, 9.17) is 4.74 Å². The second kappa shape index (κ2) is 6.81. The van der Waals surface area contributed by atoms with Crippen molar-refractivity contribution in [2.75, 3.05) is 20.3 Å². The Morgan fingerprint density at radius 1 is 1.42 bits per heavy atom. The van der Waals surface area contributed by atoms with Gasteiger partial charge in [0, 0.05) is 31.2 Å². The molecule has 1 aromatic rings. The van der Waals surface area contributed by atoms with Crippen LogP contribution in [0.1, 0.15) is 13.3 Å². The predicted octanol–water partition coefficient (Wildman–Crippen LogP) is 1.51. The van der Waals surface area contributed by atoms with Gasteiger partial charge in [0.05, 0.1) is 10.5 Å². The third-order valence-electron chi connectivity index (χ3n) is 2.61. The quantitative estimate of drug-likeness (QED) is 0.780. The molecule has 0 aliphatic heterocycles. The summed E-state index contributed by atoms with van der Waals surface area (Å²) in [5.74, 6) is 0. The lowest BCUT2D eigenvalue weighted by atomic mass is 10.0. The summed E-state index contributed by atoms with van der Waals surface area (Å²) in [6.45, 7) is 1.86. The van der Waals surface area contributed by atoms with Crippen molar-refractivity contribution in [1.29, 1.82) is 0 Å². The summed E-state index contributed by atoms with van der Waals surface area (Å²) in [6.07, 6.45) is 0.349. The van der Waals surface area contributed by atoms with Crippen molar-refractivity contribution in [3.05, 3.63) is 28.7 Å². The molecule has 0 aliphatic rings. The topological polar surface area (TPSA) is 75.6 Å².